The van der Waals surface area contributed by atoms with Gasteiger partial charge in [0.15, 0.2) is 6.10 Å². The summed E-state index contributed by atoms with van der Waals surface area (Å²) in [5.74, 6) is -1.19. The van der Waals surface area contributed by atoms with Crippen LogP contribution in [0.25, 0.3) is 0 Å². The minimum atomic E-state index is -4.08. The van der Waals surface area contributed by atoms with E-state index < -0.39 is 32.9 Å². The average Bonchev–Trinajstić information content (AvgIpc) is 3.31. The first kappa shape index (κ1) is 24.1. The highest BCUT2D eigenvalue weighted by Gasteiger charge is 2.22. The number of rotatable bonds is 9. The van der Waals surface area contributed by atoms with Crippen LogP contribution in [0.3, 0.4) is 0 Å². The summed E-state index contributed by atoms with van der Waals surface area (Å²) in [6.45, 7) is 2.47. The van der Waals surface area contributed by atoms with Gasteiger partial charge in [0.05, 0.1) is 21.5 Å². The van der Waals surface area contributed by atoms with Crippen molar-refractivity contribution < 1.29 is 32.4 Å². The van der Waals surface area contributed by atoms with Crippen molar-refractivity contribution in [3.63, 3.8) is 0 Å². The molecule has 0 aliphatic carbocycles. The van der Waals surface area contributed by atoms with Crippen LogP contribution in [0.1, 0.15) is 30.1 Å². The summed E-state index contributed by atoms with van der Waals surface area (Å²) in [5.41, 5.74) is -0.0997. The van der Waals surface area contributed by atoms with Crippen LogP contribution in [0.5, 0.6) is 0 Å². The lowest BCUT2D eigenvalue weighted by Crippen LogP contribution is -2.39. The number of carbonyl (C=O) groups is 2. The third-order valence-corrected chi connectivity index (χ3v) is 6.27. The Labute approximate surface area is 190 Å². The van der Waals surface area contributed by atoms with Crippen molar-refractivity contribution >= 4 is 33.3 Å². The van der Waals surface area contributed by atoms with E-state index in [0.717, 1.165) is 18.9 Å². The van der Waals surface area contributed by atoms with Crippen molar-refractivity contribution in [2.24, 2.45) is 0 Å². The number of non-ortho nitro benzene ring substituents is 1. The summed E-state index contributed by atoms with van der Waals surface area (Å²) in [4.78, 5) is 34.3. The number of nitro groups is 1. The number of carbonyl (C=O) groups excluding carboxylic acids is 2. The van der Waals surface area contributed by atoms with E-state index in [9.17, 15) is 28.1 Å². The fourth-order valence-electron chi connectivity index (χ4n) is 3.10. The molecule has 2 N–H and O–H groups in total. The summed E-state index contributed by atoms with van der Waals surface area (Å²) >= 11 is 0. The Balaban J connectivity index is 1.57. The maximum absolute atomic E-state index is 12.5. The molecule has 0 bridgehead atoms. The van der Waals surface area contributed by atoms with Gasteiger partial charge in [-0.3, -0.25) is 19.6 Å². The van der Waals surface area contributed by atoms with Gasteiger partial charge in [-0.05, 0) is 50.1 Å². The van der Waals surface area contributed by atoms with Gasteiger partial charge in [0.25, 0.3) is 21.6 Å². The van der Waals surface area contributed by atoms with Crippen molar-refractivity contribution in [1.29, 1.82) is 0 Å². The smallest absolute Gasteiger partial charge is 0.338 e. The molecule has 1 saturated heterocycles. The number of nitrogens with zero attached hydrogens (tertiary/aromatic N) is 1. The van der Waals surface area contributed by atoms with Crippen LogP contribution in [0.2, 0.25) is 0 Å². The van der Waals surface area contributed by atoms with Crippen LogP contribution in [-0.4, -0.2) is 50.6 Å². The molecule has 0 saturated carbocycles. The Kier molecular flexibility index (Phi) is 7.61. The Bertz CT molecular complexity index is 1130. The lowest BCUT2D eigenvalue weighted by atomic mass is 10.2. The van der Waals surface area contributed by atoms with Crippen molar-refractivity contribution in [2.45, 2.75) is 36.9 Å². The number of hydrogen-bond donors (Lipinski definition) is 2. The van der Waals surface area contributed by atoms with Crippen LogP contribution in [-0.2, 0) is 24.3 Å². The highest BCUT2D eigenvalue weighted by atomic mass is 32.2. The molecule has 2 aromatic rings. The minimum absolute atomic E-state index is 0.0322. The van der Waals surface area contributed by atoms with Crippen molar-refractivity contribution in [3.05, 3.63) is 64.2 Å². The molecule has 1 fully saturated rings. The van der Waals surface area contributed by atoms with E-state index in [2.05, 4.69) is 10.0 Å². The molecule has 0 spiro atoms. The molecule has 0 radical (unpaired) electrons. The Morgan fingerprint density at radius 3 is 2.61 bits per heavy atom. The highest BCUT2D eigenvalue weighted by Crippen LogP contribution is 2.21. The molecule has 176 valence electrons. The number of ether oxygens (including phenoxy) is 2. The van der Waals surface area contributed by atoms with E-state index in [1.54, 1.807) is 0 Å². The van der Waals surface area contributed by atoms with Gasteiger partial charge in [-0.25, -0.2) is 13.2 Å². The zero-order valence-electron chi connectivity index (χ0n) is 17.7. The van der Waals surface area contributed by atoms with Gasteiger partial charge in [0.2, 0.25) is 0 Å². The molecular formula is C21H23N3O8S. The van der Waals surface area contributed by atoms with Crippen molar-refractivity contribution in [2.75, 3.05) is 17.9 Å². The van der Waals surface area contributed by atoms with Gasteiger partial charge >= 0.3 is 5.97 Å². The van der Waals surface area contributed by atoms with Gasteiger partial charge in [-0.15, -0.1) is 0 Å². The molecular weight excluding hydrogens is 454 g/mol. The highest BCUT2D eigenvalue weighted by molar-refractivity contribution is 7.92. The first-order valence-corrected chi connectivity index (χ1v) is 11.6. The van der Waals surface area contributed by atoms with Crippen LogP contribution >= 0.6 is 0 Å². The number of anilines is 1. The quantitative estimate of drug-likeness (QED) is 0.317. The zero-order chi connectivity index (χ0) is 24.0. The predicted octanol–water partition coefficient (Wildman–Crippen LogP) is 2.24. The van der Waals surface area contributed by atoms with Crippen LogP contribution < -0.4 is 10.0 Å². The molecule has 0 aromatic heterocycles. The molecule has 2 aromatic carbocycles. The second-order valence-electron chi connectivity index (χ2n) is 7.37. The molecule has 12 heteroatoms. The number of hydrogen-bond acceptors (Lipinski definition) is 8. The largest absolute Gasteiger partial charge is 0.449 e. The monoisotopic (exact) mass is 477 g/mol. The number of nitrogens with one attached hydrogen (secondary N) is 2. The lowest BCUT2D eigenvalue weighted by molar-refractivity contribution is -0.385. The lowest BCUT2D eigenvalue weighted by Gasteiger charge is -2.16. The fourth-order valence-corrected chi connectivity index (χ4v) is 4.20. The Morgan fingerprint density at radius 1 is 1.24 bits per heavy atom. The molecule has 3 rings (SSSR count). The molecule has 1 aliphatic heterocycles. The third-order valence-electron chi connectivity index (χ3n) is 4.89. The SMILES string of the molecule is CC(OC(=O)c1ccc(NS(=O)(=O)c2cccc([N+](=O)[O-])c2)cc1)C(=O)NCC1CCCO1. The van der Waals surface area contributed by atoms with E-state index in [1.807, 2.05) is 0 Å². The third kappa shape index (κ3) is 6.49. The maximum atomic E-state index is 12.5. The van der Waals surface area contributed by atoms with Gasteiger partial charge in [0, 0.05) is 31.0 Å². The first-order chi connectivity index (χ1) is 15.7. The molecule has 2 atom stereocenters. The van der Waals surface area contributed by atoms with Crippen molar-refractivity contribution in [3.8, 4) is 0 Å². The van der Waals surface area contributed by atoms with Gasteiger partial charge in [-0.1, -0.05) is 6.07 Å². The molecule has 33 heavy (non-hydrogen) atoms. The number of nitro benzene ring substituents is 1. The van der Waals surface area contributed by atoms with Gasteiger partial charge < -0.3 is 14.8 Å². The minimum Gasteiger partial charge on any atom is -0.449 e. The van der Waals surface area contributed by atoms with E-state index in [1.165, 1.54) is 49.4 Å². The predicted molar refractivity (Wildman–Crippen MR) is 117 cm³/mol. The standard InChI is InChI=1S/C21H23N3O8S/c1-14(20(25)22-13-18-5-3-11-31-18)32-21(26)15-7-9-16(10-8-15)23-33(29,30)19-6-2-4-17(12-19)24(27)28/h2,4,6-10,12,14,18,23H,3,5,11,13H2,1H3,(H,22,25). The molecule has 11 nitrogen and oxygen atoms in total. The summed E-state index contributed by atoms with van der Waals surface area (Å²) in [6.07, 6.45) is 0.759. The topological polar surface area (TPSA) is 154 Å². The zero-order valence-corrected chi connectivity index (χ0v) is 18.5. The number of sulfonamides is 1. The normalized spacial score (nSPS) is 16.6. The van der Waals surface area contributed by atoms with E-state index in [0.29, 0.717) is 13.2 Å². The molecule has 2 unspecified atom stereocenters. The molecule has 1 amide bonds. The summed E-state index contributed by atoms with van der Waals surface area (Å²) in [5, 5.41) is 13.6. The van der Waals surface area contributed by atoms with E-state index in [-0.39, 0.29) is 27.9 Å². The Morgan fingerprint density at radius 2 is 1.97 bits per heavy atom. The first-order valence-electron chi connectivity index (χ1n) is 10.1. The van der Waals surface area contributed by atoms with Crippen LogP contribution in [0.4, 0.5) is 11.4 Å². The van der Waals surface area contributed by atoms with Crippen LogP contribution in [0, 0.1) is 10.1 Å². The van der Waals surface area contributed by atoms with Gasteiger partial charge in [0.1, 0.15) is 0 Å². The number of amides is 1. The van der Waals surface area contributed by atoms with Crippen molar-refractivity contribution in [1.82, 2.24) is 5.32 Å². The maximum Gasteiger partial charge on any atom is 0.338 e. The van der Waals surface area contributed by atoms with Gasteiger partial charge in [-0.2, -0.15) is 0 Å². The fraction of sp³-hybridized carbons (Fsp3) is 0.333. The second-order valence-corrected chi connectivity index (χ2v) is 9.05. The number of benzene rings is 2. The van der Waals surface area contributed by atoms with E-state index in [4.69, 9.17) is 9.47 Å². The average molecular weight is 477 g/mol. The number of esters is 1. The van der Waals surface area contributed by atoms with E-state index >= 15 is 0 Å². The Hall–Kier alpha value is -3.51. The summed E-state index contributed by atoms with van der Waals surface area (Å²) in [6, 6.07) is 9.98. The summed E-state index contributed by atoms with van der Waals surface area (Å²) < 4.78 is 37.9. The molecule has 1 heterocycles. The second kappa shape index (κ2) is 10.4. The van der Waals surface area contributed by atoms with Crippen LogP contribution in [0.15, 0.2) is 53.4 Å². The summed E-state index contributed by atoms with van der Waals surface area (Å²) in [7, 11) is -4.08. The molecule has 1 aliphatic rings.